The van der Waals surface area contributed by atoms with Crippen molar-refractivity contribution < 1.29 is 5.11 Å². The van der Waals surface area contributed by atoms with Gasteiger partial charge in [-0.05, 0) is 35.8 Å². The molecule has 0 radical (unpaired) electrons. The van der Waals surface area contributed by atoms with Crippen molar-refractivity contribution in [2.75, 3.05) is 11.0 Å². The van der Waals surface area contributed by atoms with Gasteiger partial charge in [0.25, 0.3) is 0 Å². The van der Waals surface area contributed by atoms with Crippen LogP contribution in [0.25, 0.3) is 0 Å². The van der Waals surface area contributed by atoms with Gasteiger partial charge in [0.1, 0.15) is 0 Å². The Morgan fingerprint density at radius 3 is 2.60 bits per heavy atom. The molecule has 0 aromatic rings. The Kier molecular flexibility index (Phi) is 9.40. The van der Waals surface area contributed by atoms with Gasteiger partial charge >= 0.3 is 0 Å². The Balaban J connectivity index is 3.17. The minimum absolute atomic E-state index is 0.229. The summed E-state index contributed by atoms with van der Waals surface area (Å²) in [5.74, 6) is 0. The standard InChI is InChI=1S/C8H13IO/c9-7-5-3-1-2-4-6-8-10/h1,4,10H,3,5-8H2. The third-order valence-electron chi connectivity index (χ3n) is 0.991. The quantitative estimate of drug-likeness (QED) is 0.344. The van der Waals surface area contributed by atoms with Crippen LogP contribution in [0, 0.1) is 0 Å². The van der Waals surface area contributed by atoms with Crippen molar-refractivity contribution in [3.63, 3.8) is 0 Å². The van der Waals surface area contributed by atoms with E-state index in [9.17, 15) is 0 Å². The zero-order chi connectivity index (χ0) is 7.66. The molecule has 0 fully saturated rings. The highest BCUT2D eigenvalue weighted by Crippen LogP contribution is 1.94. The van der Waals surface area contributed by atoms with E-state index < -0.39 is 0 Å². The number of hydrogen-bond donors (Lipinski definition) is 1. The molecule has 1 N–H and O–H groups in total. The molecule has 0 aliphatic rings. The van der Waals surface area contributed by atoms with E-state index in [2.05, 4.69) is 28.3 Å². The monoisotopic (exact) mass is 252 g/mol. The van der Waals surface area contributed by atoms with Crippen LogP contribution in [0.5, 0.6) is 0 Å². The van der Waals surface area contributed by atoms with Crippen molar-refractivity contribution in [1.82, 2.24) is 0 Å². The van der Waals surface area contributed by atoms with E-state index in [1.165, 1.54) is 10.8 Å². The molecule has 0 bridgehead atoms. The molecule has 0 aliphatic heterocycles. The van der Waals surface area contributed by atoms with E-state index >= 15 is 0 Å². The van der Waals surface area contributed by atoms with E-state index in [0.717, 1.165) is 12.8 Å². The van der Waals surface area contributed by atoms with Crippen LogP contribution in [0.4, 0.5) is 0 Å². The summed E-state index contributed by atoms with van der Waals surface area (Å²) in [6.07, 6.45) is 6.94. The van der Waals surface area contributed by atoms with Crippen LogP contribution < -0.4 is 0 Å². The average molecular weight is 252 g/mol. The van der Waals surface area contributed by atoms with Gasteiger partial charge < -0.3 is 5.11 Å². The van der Waals surface area contributed by atoms with E-state index in [4.69, 9.17) is 5.11 Å². The highest BCUT2D eigenvalue weighted by atomic mass is 127. The lowest BCUT2D eigenvalue weighted by Gasteiger charge is -1.82. The fourth-order valence-electron chi connectivity index (χ4n) is 0.494. The maximum absolute atomic E-state index is 8.38. The van der Waals surface area contributed by atoms with E-state index in [1.807, 2.05) is 12.2 Å². The molecule has 0 rings (SSSR count). The van der Waals surface area contributed by atoms with Gasteiger partial charge in [-0.2, -0.15) is 0 Å². The SMILES string of the molecule is OCCC=C=CCCCI. The van der Waals surface area contributed by atoms with Gasteiger partial charge in [-0.3, -0.25) is 0 Å². The van der Waals surface area contributed by atoms with Gasteiger partial charge in [0.05, 0.1) is 0 Å². The molecule has 0 spiro atoms. The van der Waals surface area contributed by atoms with Crippen molar-refractivity contribution >= 4 is 22.6 Å². The highest BCUT2D eigenvalue weighted by molar-refractivity contribution is 14.1. The molecule has 0 aromatic heterocycles. The van der Waals surface area contributed by atoms with E-state index in [0.29, 0.717) is 0 Å². The summed E-state index contributed by atoms with van der Waals surface area (Å²) in [4.78, 5) is 0. The smallest absolute Gasteiger partial charge is 0.0471 e. The maximum Gasteiger partial charge on any atom is 0.0471 e. The number of halogens is 1. The average Bonchev–Trinajstić information content (AvgIpc) is 1.97. The number of rotatable bonds is 5. The summed E-state index contributed by atoms with van der Waals surface area (Å²) >= 11 is 2.36. The molecule has 58 valence electrons. The molecular weight excluding hydrogens is 239 g/mol. The second-order valence-corrected chi connectivity index (χ2v) is 3.00. The lowest BCUT2D eigenvalue weighted by Crippen LogP contribution is -1.73. The molecular formula is C8H13IO. The number of aliphatic hydroxyl groups excluding tert-OH is 1. The van der Waals surface area contributed by atoms with Crippen molar-refractivity contribution in [1.29, 1.82) is 0 Å². The first kappa shape index (κ1) is 10.2. The summed E-state index contributed by atoms with van der Waals surface area (Å²) in [5, 5.41) is 8.38. The zero-order valence-corrected chi connectivity index (χ0v) is 8.17. The van der Waals surface area contributed by atoms with Crippen LogP contribution in [0.2, 0.25) is 0 Å². The summed E-state index contributed by atoms with van der Waals surface area (Å²) in [5.41, 5.74) is 3.01. The Bertz CT molecular complexity index is 114. The Hall–Kier alpha value is 0.210. The first-order chi connectivity index (χ1) is 4.91. The lowest BCUT2D eigenvalue weighted by atomic mass is 10.3. The summed E-state index contributed by atoms with van der Waals surface area (Å²) < 4.78 is 1.20. The number of unbranched alkanes of at least 4 members (excludes halogenated alkanes) is 1. The molecule has 10 heavy (non-hydrogen) atoms. The van der Waals surface area contributed by atoms with Crippen LogP contribution >= 0.6 is 22.6 Å². The van der Waals surface area contributed by atoms with Crippen LogP contribution in [0.3, 0.4) is 0 Å². The topological polar surface area (TPSA) is 20.2 Å². The van der Waals surface area contributed by atoms with Crippen molar-refractivity contribution in [3.05, 3.63) is 17.9 Å². The van der Waals surface area contributed by atoms with Gasteiger partial charge in [-0.1, -0.05) is 22.6 Å². The molecule has 0 aliphatic carbocycles. The summed E-state index contributed by atoms with van der Waals surface area (Å²) in [7, 11) is 0. The fourth-order valence-corrected chi connectivity index (χ4v) is 0.934. The van der Waals surface area contributed by atoms with Crippen molar-refractivity contribution in [2.24, 2.45) is 0 Å². The van der Waals surface area contributed by atoms with Gasteiger partial charge in [0.2, 0.25) is 0 Å². The third kappa shape index (κ3) is 8.21. The van der Waals surface area contributed by atoms with Crippen molar-refractivity contribution in [2.45, 2.75) is 19.3 Å². The molecule has 0 amide bonds. The number of alkyl halides is 1. The van der Waals surface area contributed by atoms with Crippen molar-refractivity contribution in [3.8, 4) is 0 Å². The molecule has 0 atom stereocenters. The van der Waals surface area contributed by atoms with Crippen LogP contribution in [0.1, 0.15) is 19.3 Å². The van der Waals surface area contributed by atoms with Crippen LogP contribution in [-0.4, -0.2) is 16.1 Å². The first-order valence-electron chi connectivity index (χ1n) is 3.48. The van der Waals surface area contributed by atoms with Gasteiger partial charge in [0, 0.05) is 6.61 Å². The third-order valence-corrected chi connectivity index (χ3v) is 1.75. The van der Waals surface area contributed by atoms with Gasteiger partial charge in [-0.25, -0.2) is 0 Å². The first-order valence-corrected chi connectivity index (χ1v) is 5.00. The normalized spacial score (nSPS) is 8.60. The molecule has 0 aromatic carbocycles. The number of hydrogen-bond acceptors (Lipinski definition) is 1. The highest BCUT2D eigenvalue weighted by Gasteiger charge is 1.75. The zero-order valence-electron chi connectivity index (χ0n) is 6.02. The predicted molar refractivity (Wildman–Crippen MR) is 52.5 cm³/mol. The Labute approximate surface area is 76.0 Å². The largest absolute Gasteiger partial charge is 0.396 e. The summed E-state index contributed by atoms with van der Waals surface area (Å²) in [6, 6.07) is 0. The molecule has 0 heterocycles. The Morgan fingerprint density at radius 2 is 2.00 bits per heavy atom. The van der Waals surface area contributed by atoms with E-state index in [1.54, 1.807) is 0 Å². The predicted octanol–water partition coefficient (Wildman–Crippen LogP) is 2.30. The molecule has 0 saturated carbocycles. The second kappa shape index (κ2) is 9.21. The summed E-state index contributed by atoms with van der Waals surface area (Å²) in [6.45, 7) is 0.229. The molecule has 2 heteroatoms. The van der Waals surface area contributed by atoms with E-state index in [-0.39, 0.29) is 6.61 Å². The Morgan fingerprint density at radius 1 is 1.30 bits per heavy atom. The second-order valence-electron chi connectivity index (χ2n) is 1.92. The van der Waals surface area contributed by atoms with Gasteiger partial charge in [-0.15, -0.1) is 5.73 Å². The van der Waals surface area contributed by atoms with Crippen LogP contribution in [0.15, 0.2) is 17.9 Å². The lowest BCUT2D eigenvalue weighted by molar-refractivity contribution is 0.302. The fraction of sp³-hybridized carbons (Fsp3) is 0.625. The van der Waals surface area contributed by atoms with Crippen LogP contribution in [-0.2, 0) is 0 Å². The molecule has 0 saturated heterocycles. The number of aliphatic hydroxyl groups is 1. The minimum Gasteiger partial charge on any atom is -0.396 e. The maximum atomic E-state index is 8.38. The molecule has 0 unspecified atom stereocenters. The molecule has 1 nitrogen and oxygen atoms in total. The minimum atomic E-state index is 0.229. The van der Waals surface area contributed by atoms with Gasteiger partial charge in [0.15, 0.2) is 0 Å².